The zero-order valence-electron chi connectivity index (χ0n) is 10.1. The van der Waals surface area contributed by atoms with E-state index >= 15 is 0 Å². The van der Waals surface area contributed by atoms with E-state index in [4.69, 9.17) is 5.21 Å². The number of hydrogen-bond donors (Lipinski definition) is 1. The Labute approximate surface area is 106 Å². The number of pyridine rings is 1. The van der Waals surface area contributed by atoms with Gasteiger partial charge in [0.1, 0.15) is 0 Å². The lowest BCUT2D eigenvalue weighted by atomic mass is 10.1. The van der Waals surface area contributed by atoms with Gasteiger partial charge in [-0.3, -0.25) is 4.98 Å². The summed E-state index contributed by atoms with van der Waals surface area (Å²) < 4.78 is 0. The minimum Gasteiger partial charge on any atom is -0.411 e. The van der Waals surface area contributed by atoms with Crippen LogP contribution in [0.3, 0.4) is 0 Å². The Balaban J connectivity index is 2.25. The smallest absolute Gasteiger partial charge is 0.0755 e. The van der Waals surface area contributed by atoms with Gasteiger partial charge in [-0.05, 0) is 30.7 Å². The molecular formula is C15H14N2O. The maximum Gasteiger partial charge on any atom is 0.0755 e. The van der Waals surface area contributed by atoms with Gasteiger partial charge in [0, 0.05) is 11.8 Å². The van der Waals surface area contributed by atoms with E-state index in [-0.39, 0.29) is 0 Å². The fraction of sp³-hybridized carbons (Fsp3) is 0.0667. The Morgan fingerprint density at radius 1 is 1.11 bits per heavy atom. The summed E-state index contributed by atoms with van der Waals surface area (Å²) in [5.41, 5.74) is 3.90. The van der Waals surface area contributed by atoms with Gasteiger partial charge in [0.2, 0.25) is 0 Å². The zero-order chi connectivity index (χ0) is 12.8. The van der Waals surface area contributed by atoms with Gasteiger partial charge in [0.05, 0.1) is 11.9 Å². The van der Waals surface area contributed by atoms with Crippen molar-refractivity contribution < 1.29 is 5.21 Å². The van der Waals surface area contributed by atoms with Crippen LogP contribution in [0, 0.1) is 6.92 Å². The van der Waals surface area contributed by atoms with Gasteiger partial charge in [-0.25, -0.2) is 0 Å². The van der Waals surface area contributed by atoms with Gasteiger partial charge in [0.25, 0.3) is 0 Å². The predicted octanol–water partition coefficient (Wildman–Crippen LogP) is 3.37. The zero-order valence-corrected chi connectivity index (χ0v) is 10.1. The lowest BCUT2D eigenvalue weighted by Gasteiger charge is -1.98. The summed E-state index contributed by atoms with van der Waals surface area (Å²) in [6.45, 7) is 2.06. The van der Waals surface area contributed by atoms with Crippen LogP contribution in [-0.4, -0.2) is 16.4 Å². The highest BCUT2D eigenvalue weighted by Gasteiger charge is 1.96. The number of aryl methyl sites for hydroxylation is 1. The average molecular weight is 238 g/mol. The number of oxime groups is 1. The van der Waals surface area contributed by atoms with E-state index in [2.05, 4.69) is 41.3 Å². The average Bonchev–Trinajstić information content (AvgIpc) is 2.40. The van der Waals surface area contributed by atoms with Crippen LogP contribution >= 0.6 is 0 Å². The second-order valence-electron chi connectivity index (χ2n) is 3.97. The number of rotatable bonds is 3. The maximum atomic E-state index is 8.58. The first-order valence-corrected chi connectivity index (χ1v) is 5.67. The minimum absolute atomic E-state index is 0.774. The van der Waals surface area contributed by atoms with Gasteiger partial charge in [-0.1, -0.05) is 41.1 Å². The molecule has 0 aliphatic carbocycles. The molecule has 2 rings (SSSR count). The number of benzene rings is 1. The van der Waals surface area contributed by atoms with Crippen LogP contribution in [0.2, 0.25) is 0 Å². The van der Waals surface area contributed by atoms with E-state index in [0.29, 0.717) is 0 Å². The standard InChI is InChI=1S/C15H14N2O/c1-12-4-6-13(7-5-12)8-9-15-14(11-17-18)3-2-10-16-15/h2-11,18H,1H3/b9-8+,17-11+. The Morgan fingerprint density at radius 3 is 2.61 bits per heavy atom. The Hall–Kier alpha value is -2.42. The van der Waals surface area contributed by atoms with Gasteiger partial charge in [-0.2, -0.15) is 0 Å². The molecule has 3 nitrogen and oxygen atoms in total. The molecule has 0 bridgehead atoms. The Kier molecular flexibility index (Phi) is 3.86. The summed E-state index contributed by atoms with van der Waals surface area (Å²) in [7, 11) is 0. The SMILES string of the molecule is Cc1ccc(/C=C/c2ncccc2/C=N/O)cc1. The van der Waals surface area contributed by atoms with Crippen LogP contribution in [-0.2, 0) is 0 Å². The van der Waals surface area contributed by atoms with Crippen molar-refractivity contribution in [3.63, 3.8) is 0 Å². The van der Waals surface area contributed by atoms with Crippen molar-refractivity contribution in [2.45, 2.75) is 6.92 Å². The third kappa shape index (κ3) is 3.04. The van der Waals surface area contributed by atoms with Gasteiger partial charge >= 0.3 is 0 Å². The van der Waals surface area contributed by atoms with Crippen LogP contribution in [0.1, 0.15) is 22.4 Å². The molecule has 3 heteroatoms. The van der Waals surface area contributed by atoms with E-state index in [1.54, 1.807) is 12.3 Å². The first kappa shape index (κ1) is 12.0. The van der Waals surface area contributed by atoms with Crippen LogP contribution in [0.4, 0.5) is 0 Å². The minimum atomic E-state index is 0.774. The van der Waals surface area contributed by atoms with Crippen LogP contribution in [0.15, 0.2) is 47.8 Å². The van der Waals surface area contributed by atoms with Crippen molar-refractivity contribution in [3.8, 4) is 0 Å². The molecule has 90 valence electrons. The largest absolute Gasteiger partial charge is 0.411 e. The number of nitrogens with zero attached hydrogens (tertiary/aromatic N) is 2. The van der Waals surface area contributed by atoms with Crippen LogP contribution in [0.5, 0.6) is 0 Å². The van der Waals surface area contributed by atoms with E-state index in [1.165, 1.54) is 11.8 Å². The molecule has 2 aromatic rings. The first-order chi connectivity index (χ1) is 8.79. The second-order valence-corrected chi connectivity index (χ2v) is 3.97. The van der Waals surface area contributed by atoms with Gasteiger partial charge in [0.15, 0.2) is 0 Å². The molecule has 1 heterocycles. The van der Waals surface area contributed by atoms with Gasteiger partial charge < -0.3 is 5.21 Å². The summed E-state index contributed by atoms with van der Waals surface area (Å²) in [5, 5.41) is 11.6. The molecule has 0 radical (unpaired) electrons. The van der Waals surface area contributed by atoms with Crippen molar-refractivity contribution in [1.82, 2.24) is 4.98 Å². The third-order valence-electron chi connectivity index (χ3n) is 2.58. The van der Waals surface area contributed by atoms with E-state index in [9.17, 15) is 0 Å². The molecule has 0 atom stereocenters. The van der Waals surface area contributed by atoms with Crippen molar-refractivity contribution in [3.05, 3.63) is 65.0 Å². The molecule has 0 saturated heterocycles. The van der Waals surface area contributed by atoms with Crippen molar-refractivity contribution in [2.75, 3.05) is 0 Å². The highest BCUT2D eigenvalue weighted by Crippen LogP contribution is 2.10. The van der Waals surface area contributed by atoms with Crippen molar-refractivity contribution in [1.29, 1.82) is 0 Å². The second kappa shape index (κ2) is 5.77. The molecule has 1 N–H and O–H groups in total. The van der Waals surface area contributed by atoms with Crippen molar-refractivity contribution in [2.24, 2.45) is 5.16 Å². The molecule has 0 aliphatic heterocycles. The molecule has 0 saturated carbocycles. The highest BCUT2D eigenvalue weighted by atomic mass is 16.4. The highest BCUT2D eigenvalue weighted by molar-refractivity contribution is 5.86. The molecule has 0 aliphatic rings. The molecule has 18 heavy (non-hydrogen) atoms. The summed E-state index contributed by atoms with van der Waals surface area (Å²) in [4.78, 5) is 4.24. The molecular weight excluding hydrogens is 224 g/mol. The van der Waals surface area contributed by atoms with Crippen LogP contribution < -0.4 is 0 Å². The molecule has 0 unspecified atom stereocenters. The predicted molar refractivity (Wildman–Crippen MR) is 73.7 cm³/mol. The fourth-order valence-electron chi connectivity index (χ4n) is 1.59. The normalized spacial score (nSPS) is 11.4. The summed E-state index contributed by atoms with van der Waals surface area (Å²) in [5.74, 6) is 0. The molecule has 0 fully saturated rings. The maximum absolute atomic E-state index is 8.58. The van der Waals surface area contributed by atoms with E-state index in [1.807, 2.05) is 18.2 Å². The Morgan fingerprint density at radius 2 is 1.89 bits per heavy atom. The van der Waals surface area contributed by atoms with E-state index in [0.717, 1.165) is 16.8 Å². The van der Waals surface area contributed by atoms with Crippen LogP contribution in [0.25, 0.3) is 12.2 Å². The summed E-state index contributed by atoms with van der Waals surface area (Å²) >= 11 is 0. The lowest BCUT2D eigenvalue weighted by Crippen LogP contribution is -1.89. The Bertz CT molecular complexity index is 571. The fourth-order valence-corrected chi connectivity index (χ4v) is 1.59. The monoisotopic (exact) mass is 238 g/mol. The van der Waals surface area contributed by atoms with E-state index < -0.39 is 0 Å². The van der Waals surface area contributed by atoms with Crippen molar-refractivity contribution >= 4 is 18.4 Å². The molecule has 0 amide bonds. The summed E-state index contributed by atoms with van der Waals surface area (Å²) in [6.07, 6.45) is 6.98. The lowest BCUT2D eigenvalue weighted by molar-refractivity contribution is 0.322. The molecule has 0 spiro atoms. The molecule has 1 aromatic carbocycles. The number of aromatic nitrogens is 1. The topological polar surface area (TPSA) is 45.5 Å². The summed E-state index contributed by atoms with van der Waals surface area (Å²) in [6, 6.07) is 11.9. The quantitative estimate of drug-likeness (QED) is 0.506. The molecule has 1 aromatic heterocycles. The number of hydrogen-bond acceptors (Lipinski definition) is 3. The first-order valence-electron chi connectivity index (χ1n) is 5.67. The van der Waals surface area contributed by atoms with Gasteiger partial charge in [-0.15, -0.1) is 0 Å². The third-order valence-corrected chi connectivity index (χ3v) is 2.58.